The fourth-order valence-corrected chi connectivity index (χ4v) is 1.29. The first-order chi connectivity index (χ1) is 7.88. The predicted molar refractivity (Wildman–Crippen MR) is 76.1 cm³/mol. The maximum Gasteiger partial charge on any atom is 1.00 e. The molecule has 0 fully saturated rings. The Morgan fingerprint density at radius 1 is 0.882 bits per heavy atom. The summed E-state index contributed by atoms with van der Waals surface area (Å²) in [4.78, 5) is 0. The monoisotopic (exact) mass is 307 g/mol. The molecule has 1 aromatic carbocycles. The molecule has 0 aliphatic carbocycles. The van der Waals surface area contributed by atoms with Crippen molar-refractivity contribution in [2.24, 2.45) is 0 Å². The van der Waals surface area contributed by atoms with E-state index >= 15 is 0 Å². The van der Waals surface area contributed by atoms with Crippen molar-refractivity contribution in [1.29, 1.82) is 0 Å². The minimum atomic E-state index is 0. The molecule has 0 spiro atoms. The topological polar surface area (TPSA) is 14.1 Å². The van der Waals surface area contributed by atoms with Crippen molar-refractivity contribution >= 4 is 0 Å². The van der Waals surface area contributed by atoms with Crippen LogP contribution in [0.1, 0.15) is 52.7 Å². The third-order valence-electron chi connectivity index (χ3n) is 2.01. The maximum absolute atomic E-state index is 4.35. The summed E-state index contributed by atoms with van der Waals surface area (Å²) < 4.78 is 0. The summed E-state index contributed by atoms with van der Waals surface area (Å²) in [5.41, 5.74) is 2.80. The summed E-state index contributed by atoms with van der Waals surface area (Å²) in [6.45, 7) is 14.1. The van der Waals surface area contributed by atoms with E-state index in [9.17, 15) is 0 Å². The number of aryl methyl sites for hydroxylation is 1. The molecule has 0 amide bonds. The summed E-state index contributed by atoms with van der Waals surface area (Å²) in [6.07, 6.45) is 1.11. The molecular weight excluding hydrogens is 280 g/mol. The second-order valence-corrected chi connectivity index (χ2v) is 2.82. The van der Waals surface area contributed by atoms with Crippen LogP contribution in [0.25, 0.3) is 5.32 Å². The van der Waals surface area contributed by atoms with Crippen molar-refractivity contribution in [1.82, 2.24) is 0 Å². The molecule has 0 atom stereocenters. The molecule has 0 aliphatic heterocycles. The van der Waals surface area contributed by atoms with Crippen LogP contribution in [0, 0.1) is 0 Å². The Morgan fingerprint density at radius 3 is 1.76 bits per heavy atom. The van der Waals surface area contributed by atoms with Crippen LogP contribution in [0.4, 0.5) is 0 Å². The van der Waals surface area contributed by atoms with Crippen molar-refractivity contribution in [3.63, 3.8) is 0 Å². The van der Waals surface area contributed by atoms with Gasteiger partial charge < -0.3 is 5.32 Å². The quantitative estimate of drug-likeness (QED) is 0.810. The zero-order valence-corrected chi connectivity index (χ0v) is 17.8. The van der Waals surface area contributed by atoms with E-state index in [1.165, 1.54) is 11.1 Å². The number of nitrogens with zero attached hydrogens (tertiary/aromatic N) is 1. The third kappa shape index (κ3) is 11.8. The first-order valence-electron chi connectivity index (χ1n) is 6.58. The molecule has 17 heavy (non-hydrogen) atoms. The molecule has 2 heteroatoms. The maximum atomic E-state index is 4.35. The van der Waals surface area contributed by atoms with Crippen LogP contribution < -0.4 is 58.2 Å². The molecule has 0 radical (unpaired) electrons. The van der Waals surface area contributed by atoms with Gasteiger partial charge in [0.1, 0.15) is 0 Å². The van der Waals surface area contributed by atoms with E-state index in [1.54, 1.807) is 0 Å². The second-order valence-electron chi connectivity index (χ2n) is 2.82. The average Bonchev–Trinajstić information content (AvgIpc) is 2.41. The van der Waals surface area contributed by atoms with E-state index in [4.69, 9.17) is 0 Å². The number of benzene rings is 1. The Balaban J connectivity index is -0.000000355. The summed E-state index contributed by atoms with van der Waals surface area (Å²) in [5.74, 6) is 0. The first kappa shape index (κ1) is 23.1. The Morgan fingerprint density at radius 2 is 1.35 bits per heavy atom. The third-order valence-corrected chi connectivity index (χ3v) is 2.01. The van der Waals surface area contributed by atoms with E-state index < -0.39 is 0 Å². The van der Waals surface area contributed by atoms with Gasteiger partial charge in [-0.1, -0.05) is 71.4 Å². The normalized spacial score (nSPS) is 7.88. The van der Waals surface area contributed by atoms with Crippen molar-refractivity contribution in [3.05, 3.63) is 40.7 Å². The smallest absolute Gasteiger partial charge is 0.659 e. The van der Waals surface area contributed by atoms with Gasteiger partial charge in [-0.15, -0.1) is 6.54 Å². The van der Waals surface area contributed by atoms with Gasteiger partial charge in [0.05, 0.1) is 0 Å². The molecule has 0 aromatic heterocycles. The van der Waals surface area contributed by atoms with Crippen LogP contribution >= 0.6 is 0 Å². The zero-order valence-electron chi connectivity index (χ0n) is 12.9. The van der Waals surface area contributed by atoms with Crippen LogP contribution in [-0.2, 0) is 13.0 Å². The van der Waals surface area contributed by atoms with Gasteiger partial charge >= 0.3 is 58.2 Å². The van der Waals surface area contributed by atoms with Crippen molar-refractivity contribution in [2.45, 2.75) is 54.5 Å². The Hall–Kier alpha value is 0.985. The van der Waals surface area contributed by atoms with E-state index in [-0.39, 0.29) is 58.2 Å². The summed E-state index contributed by atoms with van der Waals surface area (Å²) in [5, 5.41) is 4.35. The fourth-order valence-electron chi connectivity index (χ4n) is 1.29. The standard InChI is InChI=1S/C11H16N.2C2H6.Rb/c1-3-10-7-5-6-8-11(10)9-12-4-2;2*1-2;/h5-8H,3-4,9H2,1-2H3;2*1-2H3;/q-1;;;+1. The minimum Gasteiger partial charge on any atom is -0.659 e. The van der Waals surface area contributed by atoms with Gasteiger partial charge in [-0.25, -0.2) is 0 Å². The molecule has 1 aromatic rings. The molecule has 0 N–H and O–H groups in total. The van der Waals surface area contributed by atoms with E-state index in [1.807, 2.05) is 27.7 Å². The second kappa shape index (κ2) is 19.3. The molecule has 0 saturated heterocycles. The van der Waals surface area contributed by atoms with E-state index in [0.717, 1.165) is 19.5 Å². The van der Waals surface area contributed by atoms with Crippen LogP contribution in [0.5, 0.6) is 0 Å². The summed E-state index contributed by atoms with van der Waals surface area (Å²) in [7, 11) is 0. The van der Waals surface area contributed by atoms with Crippen LogP contribution in [0.3, 0.4) is 0 Å². The number of hydrogen-bond donors (Lipinski definition) is 0. The van der Waals surface area contributed by atoms with Crippen molar-refractivity contribution in [2.75, 3.05) is 6.54 Å². The predicted octanol–water partition coefficient (Wildman–Crippen LogP) is 2.20. The molecule has 0 unspecified atom stereocenters. The van der Waals surface area contributed by atoms with E-state index in [2.05, 4.69) is 43.4 Å². The molecule has 0 aliphatic rings. The van der Waals surface area contributed by atoms with Crippen molar-refractivity contribution < 1.29 is 58.2 Å². The van der Waals surface area contributed by atoms with Crippen LogP contribution in [-0.4, -0.2) is 6.54 Å². The van der Waals surface area contributed by atoms with Gasteiger partial charge in [0.25, 0.3) is 0 Å². The van der Waals surface area contributed by atoms with Gasteiger partial charge in [-0.3, -0.25) is 0 Å². The van der Waals surface area contributed by atoms with Gasteiger partial charge in [0.15, 0.2) is 0 Å². The summed E-state index contributed by atoms with van der Waals surface area (Å²) >= 11 is 0. The SMILES string of the molecule is CC.CC.CC[N-]Cc1ccccc1CC.[Rb+]. The Labute approximate surface area is 158 Å². The minimum absolute atomic E-state index is 0. The van der Waals surface area contributed by atoms with Crippen LogP contribution in [0.2, 0.25) is 0 Å². The Bertz CT molecular complexity index is 236. The van der Waals surface area contributed by atoms with Gasteiger partial charge in [0, 0.05) is 0 Å². The van der Waals surface area contributed by atoms with E-state index in [0.29, 0.717) is 0 Å². The number of hydrogen-bond acceptors (Lipinski definition) is 0. The van der Waals surface area contributed by atoms with Crippen LogP contribution in [0.15, 0.2) is 24.3 Å². The fraction of sp³-hybridized carbons (Fsp3) is 0.600. The molecule has 0 heterocycles. The van der Waals surface area contributed by atoms with Crippen molar-refractivity contribution in [3.8, 4) is 0 Å². The molecule has 1 nitrogen and oxygen atoms in total. The van der Waals surface area contributed by atoms with Gasteiger partial charge in [-0.05, 0) is 12.0 Å². The molecule has 0 saturated carbocycles. The molecular formula is C15H28NRb. The average molecular weight is 308 g/mol. The molecule has 0 bridgehead atoms. The Kier molecular flexibility index (Phi) is 26.3. The zero-order chi connectivity index (χ0) is 12.8. The van der Waals surface area contributed by atoms with Gasteiger partial charge in [-0.2, -0.15) is 6.54 Å². The first-order valence-corrected chi connectivity index (χ1v) is 6.58. The largest absolute Gasteiger partial charge is 1.00 e. The molecule has 94 valence electrons. The summed E-state index contributed by atoms with van der Waals surface area (Å²) in [6, 6.07) is 8.52. The molecule has 1 rings (SSSR count). The van der Waals surface area contributed by atoms with Gasteiger partial charge in [0.2, 0.25) is 0 Å². The number of rotatable bonds is 4.